The van der Waals surface area contributed by atoms with Crippen LogP contribution < -0.4 is 10.2 Å². The lowest BCUT2D eigenvalue weighted by Gasteiger charge is -2.35. The molecule has 1 fully saturated rings. The van der Waals surface area contributed by atoms with E-state index in [0.29, 0.717) is 13.1 Å². The molecule has 0 aromatic heterocycles. The number of amides is 3. The van der Waals surface area contributed by atoms with Crippen LogP contribution >= 0.6 is 0 Å². The molecule has 0 saturated carbocycles. The monoisotopic (exact) mass is 383 g/mol. The molecule has 0 atom stereocenters. The maximum absolute atomic E-state index is 13.6. The second-order valence-electron chi connectivity index (χ2n) is 6.63. The van der Waals surface area contributed by atoms with Gasteiger partial charge in [-0.25, -0.2) is 4.39 Å². The summed E-state index contributed by atoms with van der Waals surface area (Å²) < 4.78 is 13.6. The van der Waals surface area contributed by atoms with E-state index in [2.05, 4.69) is 5.32 Å². The number of anilines is 1. The number of benzene rings is 2. The van der Waals surface area contributed by atoms with E-state index < -0.39 is 11.7 Å². The molecule has 0 spiro atoms. The molecule has 6 nitrogen and oxygen atoms in total. The Morgan fingerprint density at radius 2 is 1.79 bits per heavy atom. The van der Waals surface area contributed by atoms with Crippen molar-refractivity contribution >= 4 is 23.4 Å². The summed E-state index contributed by atoms with van der Waals surface area (Å²) in [6.07, 6.45) is 0.0534. The van der Waals surface area contributed by atoms with Crippen molar-refractivity contribution in [2.24, 2.45) is 0 Å². The first-order valence-electron chi connectivity index (χ1n) is 9.14. The Bertz CT molecular complexity index is 900. The van der Waals surface area contributed by atoms with Crippen LogP contribution in [0.4, 0.5) is 10.1 Å². The molecule has 1 saturated heterocycles. The Kier molecular flexibility index (Phi) is 6.03. The van der Waals surface area contributed by atoms with Crippen molar-refractivity contribution in [3.63, 3.8) is 0 Å². The molecule has 0 bridgehead atoms. The predicted molar refractivity (Wildman–Crippen MR) is 103 cm³/mol. The largest absolute Gasteiger partial charge is 0.351 e. The van der Waals surface area contributed by atoms with Gasteiger partial charge >= 0.3 is 0 Å². The predicted octanol–water partition coefficient (Wildman–Crippen LogP) is 2.13. The van der Waals surface area contributed by atoms with Crippen molar-refractivity contribution in [3.05, 3.63) is 65.5 Å². The summed E-state index contributed by atoms with van der Waals surface area (Å²) in [7, 11) is 0. The van der Waals surface area contributed by atoms with E-state index in [0.717, 1.165) is 11.3 Å². The summed E-state index contributed by atoms with van der Waals surface area (Å²) in [4.78, 5) is 40.0. The molecular weight excluding hydrogens is 361 g/mol. The quantitative estimate of drug-likeness (QED) is 0.860. The van der Waals surface area contributed by atoms with Crippen molar-refractivity contribution in [2.45, 2.75) is 13.3 Å². The molecule has 146 valence electrons. The fourth-order valence-electron chi connectivity index (χ4n) is 3.19. The lowest BCUT2D eigenvalue weighted by atomic mass is 10.1. The fourth-order valence-corrected chi connectivity index (χ4v) is 3.19. The van der Waals surface area contributed by atoms with Gasteiger partial charge in [-0.3, -0.25) is 14.4 Å². The smallest absolute Gasteiger partial charge is 0.254 e. The molecule has 1 heterocycles. The first-order valence-corrected chi connectivity index (χ1v) is 9.14. The van der Waals surface area contributed by atoms with E-state index in [1.54, 1.807) is 11.0 Å². The molecule has 0 aliphatic carbocycles. The van der Waals surface area contributed by atoms with Gasteiger partial charge in [0.15, 0.2) is 0 Å². The molecular formula is C21H22FN3O3. The number of piperazine rings is 1. The van der Waals surface area contributed by atoms with Gasteiger partial charge < -0.3 is 15.1 Å². The standard InChI is InChI=1S/C21H22FN3O3/c1-15-6-2-5-9-18(15)25-13-12-24(14-20(25)27)19(26)10-11-23-21(28)16-7-3-4-8-17(16)22/h2-9H,10-14H2,1H3,(H,23,28). The average molecular weight is 383 g/mol. The molecule has 3 rings (SSSR count). The van der Waals surface area contributed by atoms with E-state index >= 15 is 0 Å². The number of nitrogens with one attached hydrogen (secondary N) is 1. The number of rotatable bonds is 5. The van der Waals surface area contributed by atoms with Crippen molar-refractivity contribution in [1.82, 2.24) is 10.2 Å². The number of para-hydroxylation sites is 1. The third kappa shape index (κ3) is 4.36. The van der Waals surface area contributed by atoms with Crippen LogP contribution in [0.3, 0.4) is 0 Å². The van der Waals surface area contributed by atoms with Crippen LogP contribution in [0, 0.1) is 12.7 Å². The number of carbonyl (C=O) groups is 3. The first-order chi connectivity index (χ1) is 13.5. The number of hydrogen-bond acceptors (Lipinski definition) is 3. The van der Waals surface area contributed by atoms with Gasteiger partial charge in [0, 0.05) is 31.7 Å². The van der Waals surface area contributed by atoms with Crippen LogP contribution in [0.25, 0.3) is 0 Å². The molecule has 1 aliphatic rings. The first kappa shape index (κ1) is 19.5. The Hall–Kier alpha value is -3.22. The minimum atomic E-state index is -0.607. The molecule has 1 N–H and O–H groups in total. The number of hydrogen-bond donors (Lipinski definition) is 1. The SMILES string of the molecule is Cc1ccccc1N1CCN(C(=O)CCNC(=O)c2ccccc2F)CC1=O. The summed E-state index contributed by atoms with van der Waals surface area (Å²) in [5.41, 5.74) is 1.81. The van der Waals surface area contributed by atoms with E-state index in [4.69, 9.17) is 0 Å². The van der Waals surface area contributed by atoms with E-state index in [1.165, 1.54) is 23.1 Å². The Labute approximate surface area is 162 Å². The van der Waals surface area contributed by atoms with Gasteiger partial charge in [-0.15, -0.1) is 0 Å². The highest BCUT2D eigenvalue weighted by Crippen LogP contribution is 2.21. The highest BCUT2D eigenvalue weighted by molar-refractivity contribution is 5.98. The zero-order chi connectivity index (χ0) is 20.1. The molecule has 7 heteroatoms. The molecule has 28 heavy (non-hydrogen) atoms. The minimum absolute atomic E-state index is 0.00836. The highest BCUT2D eigenvalue weighted by atomic mass is 19.1. The summed E-state index contributed by atoms with van der Waals surface area (Å²) in [5.74, 6) is -1.52. The fraction of sp³-hybridized carbons (Fsp3) is 0.286. The number of carbonyl (C=O) groups excluding carboxylic acids is 3. The minimum Gasteiger partial charge on any atom is -0.351 e. The number of nitrogens with zero attached hydrogens (tertiary/aromatic N) is 2. The van der Waals surface area contributed by atoms with E-state index in [1.807, 2.05) is 31.2 Å². The normalized spacial score (nSPS) is 14.1. The highest BCUT2D eigenvalue weighted by Gasteiger charge is 2.28. The second kappa shape index (κ2) is 8.65. The maximum atomic E-state index is 13.6. The van der Waals surface area contributed by atoms with Crippen LogP contribution in [-0.2, 0) is 9.59 Å². The number of aryl methyl sites for hydroxylation is 1. The lowest BCUT2D eigenvalue weighted by Crippen LogP contribution is -2.53. The van der Waals surface area contributed by atoms with Gasteiger partial charge in [-0.05, 0) is 30.7 Å². The molecule has 2 aromatic rings. The van der Waals surface area contributed by atoms with Crippen LogP contribution in [-0.4, -0.2) is 48.8 Å². The third-order valence-electron chi connectivity index (χ3n) is 4.72. The number of halogens is 1. The molecule has 2 aromatic carbocycles. The van der Waals surface area contributed by atoms with Crippen LogP contribution in [0.1, 0.15) is 22.3 Å². The van der Waals surface area contributed by atoms with Gasteiger partial charge in [0.1, 0.15) is 12.4 Å². The van der Waals surface area contributed by atoms with Crippen LogP contribution in [0.2, 0.25) is 0 Å². The van der Waals surface area contributed by atoms with Crippen molar-refractivity contribution < 1.29 is 18.8 Å². The zero-order valence-electron chi connectivity index (χ0n) is 15.7. The maximum Gasteiger partial charge on any atom is 0.254 e. The van der Waals surface area contributed by atoms with E-state index in [9.17, 15) is 18.8 Å². The Morgan fingerprint density at radius 3 is 2.50 bits per heavy atom. The lowest BCUT2D eigenvalue weighted by molar-refractivity contribution is -0.136. The van der Waals surface area contributed by atoms with Gasteiger partial charge in [0.25, 0.3) is 5.91 Å². The van der Waals surface area contributed by atoms with E-state index in [-0.39, 0.29) is 36.9 Å². The topological polar surface area (TPSA) is 69.7 Å². The van der Waals surface area contributed by atoms with Crippen LogP contribution in [0.15, 0.2) is 48.5 Å². The summed E-state index contributed by atoms with van der Waals surface area (Å²) >= 11 is 0. The Balaban J connectivity index is 1.50. The summed E-state index contributed by atoms with van der Waals surface area (Å²) in [6.45, 7) is 2.89. The van der Waals surface area contributed by atoms with Crippen molar-refractivity contribution in [3.8, 4) is 0 Å². The molecule has 3 amide bonds. The van der Waals surface area contributed by atoms with Crippen molar-refractivity contribution in [1.29, 1.82) is 0 Å². The molecule has 1 aliphatic heterocycles. The van der Waals surface area contributed by atoms with Crippen molar-refractivity contribution in [2.75, 3.05) is 31.1 Å². The van der Waals surface area contributed by atoms with Gasteiger partial charge in [-0.1, -0.05) is 30.3 Å². The second-order valence-corrected chi connectivity index (χ2v) is 6.63. The third-order valence-corrected chi connectivity index (χ3v) is 4.72. The van der Waals surface area contributed by atoms with Gasteiger partial charge in [0.05, 0.1) is 5.56 Å². The van der Waals surface area contributed by atoms with Crippen LogP contribution in [0.5, 0.6) is 0 Å². The van der Waals surface area contributed by atoms with Gasteiger partial charge in [-0.2, -0.15) is 0 Å². The summed E-state index contributed by atoms with van der Waals surface area (Å²) in [5, 5.41) is 2.54. The molecule has 0 unspecified atom stereocenters. The zero-order valence-corrected chi connectivity index (χ0v) is 15.7. The molecule has 0 radical (unpaired) electrons. The van der Waals surface area contributed by atoms with Gasteiger partial charge in [0.2, 0.25) is 11.8 Å². The summed E-state index contributed by atoms with van der Waals surface area (Å²) in [6, 6.07) is 13.3. The Morgan fingerprint density at radius 1 is 1.07 bits per heavy atom. The average Bonchev–Trinajstić information content (AvgIpc) is 2.68.